The highest BCUT2D eigenvalue weighted by Crippen LogP contribution is 2.33. The molecule has 124 valence electrons. The summed E-state index contributed by atoms with van der Waals surface area (Å²) in [5.74, 6) is 1.14. The van der Waals surface area contributed by atoms with Crippen molar-refractivity contribution in [3.63, 3.8) is 0 Å². The van der Waals surface area contributed by atoms with Gasteiger partial charge in [-0.1, -0.05) is 13.8 Å². The molecule has 1 aliphatic carbocycles. The summed E-state index contributed by atoms with van der Waals surface area (Å²) in [5, 5.41) is 6.52. The molecule has 0 bridgehead atoms. The van der Waals surface area contributed by atoms with Crippen molar-refractivity contribution in [2.45, 2.75) is 65.1 Å². The lowest BCUT2D eigenvalue weighted by molar-refractivity contribution is 0.0517. The van der Waals surface area contributed by atoms with Crippen molar-refractivity contribution < 1.29 is 14.3 Å². The van der Waals surface area contributed by atoms with E-state index in [1.807, 2.05) is 20.8 Å². The van der Waals surface area contributed by atoms with Gasteiger partial charge in [0, 0.05) is 25.7 Å². The molecule has 1 amide bonds. The van der Waals surface area contributed by atoms with Gasteiger partial charge in [0.1, 0.15) is 5.60 Å². The van der Waals surface area contributed by atoms with Crippen molar-refractivity contribution in [2.24, 2.45) is 11.8 Å². The molecule has 0 aromatic heterocycles. The van der Waals surface area contributed by atoms with Gasteiger partial charge in [-0.3, -0.25) is 0 Å². The molecule has 5 nitrogen and oxygen atoms in total. The van der Waals surface area contributed by atoms with Gasteiger partial charge in [-0.05, 0) is 45.4 Å². The number of hydrogen-bond donors (Lipinski definition) is 2. The van der Waals surface area contributed by atoms with Gasteiger partial charge in [-0.15, -0.1) is 0 Å². The van der Waals surface area contributed by atoms with Crippen LogP contribution in [0, 0.1) is 11.8 Å². The number of hydrogen-bond acceptors (Lipinski definition) is 4. The number of carbonyl (C=O) groups excluding carboxylic acids is 1. The van der Waals surface area contributed by atoms with E-state index >= 15 is 0 Å². The third kappa shape index (κ3) is 7.67. The zero-order valence-electron chi connectivity index (χ0n) is 14.4. The average Bonchev–Trinajstić information content (AvgIpc) is 3.14. The molecule has 2 unspecified atom stereocenters. The molecule has 1 aliphatic rings. The number of nitrogens with one attached hydrogen (secondary N) is 2. The molecule has 2 atom stereocenters. The molecular weight excluding hydrogens is 268 g/mol. The van der Waals surface area contributed by atoms with Gasteiger partial charge in [0.05, 0.1) is 6.61 Å². The highest BCUT2D eigenvalue weighted by molar-refractivity contribution is 5.67. The smallest absolute Gasteiger partial charge is 0.407 e. The topological polar surface area (TPSA) is 59.6 Å². The molecule has 0 aromatic carbocycles. The largest absolute Gasteiger partial charge is 0.444 e. The Labute approximate surface area is 129 Å². The first-order valence-corrected chi connectivity index (χ1v) is 7.94. The molecular formula is C16H32N2O3. The van der Waals surface area contributed by atoms with E-state index in [9.17, 15) is 4.79 Å². The number of ether oxygens (including phenoxy) is 2. The molecule has 0 saturated heterocycles. The fourth-order valence-electron chi connectivity index (χ4n) is 2.26. The molecule has 1 rings (SSSR count). The third-order valence-electron chi connectivity index (χ3n) is 3.64. The average molecular weight is 300 g/mol. The molecule has 0 aromatic rings. The van der Waals surface area contributed by atoms with Gasteiger partial charge in [-0.25, -0.2) is 4.79 Å². The summed E-state index contributed by atoms with van der Waals surface area (Å²) in [6, 6.07) is 0.598. The van der Waals surface area contributed by atoms with E-state index < -0.39 is 5.60 Å². The van der Waals surface area contributed by atoms with Crippen LogP contribution in [0.15, 0.2) is 0 Å². The highest BCUT2D eigenvalue weighted by atomic mass is 16.6. The zero-order valence-corrected chi connectivity index (χ0v) is 14.4. The minimum Gasteiger partial charge on any atom is -0.444 e. The lowest BCUT2D eigenvalue weighted by atomic mass is 10.0. The van der Waals surface area contributed by atoms with Crippen LogP contribution in [0.5, 0.6) is 0 Å². The Kier molecular flexibility index (Phi) is 6.94. The Balaban J connectivity index is 2.45. The van der Waals surface area contributed by atoms with Gasteiger partial charge in [0.15, 0.2) is 0 Å². The van der Waals surface area contributed by atoms with Crippen LogP contribution in [0.25, 0.3) is 0 Å². The molecule has 0 heterocycles. The Bertz CT molecular complexity index is 322. The lowest BCUT2D eigenvalue weighted by Crippen LogP contribution is -2.50. The fourth-order valence-corrected chi connectivity index (χ4v) is 2.26. The third-order valence-corrected chi connectivity index (χ3v) is 3.64. The molecule has 1 fully saturated rings. The summed E-state index contributed by atoms with van der Waals surface area (Å²) in [6.07, 6.45) is 2.11. The second-order valence-corrected chi connectivity index (χ2v) is 7.30. The van der Waals surface area contributed by atoms with Crippen LogP contribution in [0.3, 0.4) is 0 Å². The molecule has 2 N–H and O–H groups in total. The summed E-state index contributed by atoms with van der Waals surface area (Å²) in [7, 11) is 1.72. The Hall–Kier alpha value is -0.810. The van der Waals surface area contributed by atoms with Gasteiger partial charge < -0.3 is 20.1 Å². The second kappa shape index (κ2) is 7.99. The number of amides is 1. The van der Waals surface area contributed by atoms with Crippen molar-refractivity contribution in [1.82, 2.24) is 10.6 Å². The molecule has 21 heavy (non-hydrogen) atoms. The number of rotatable bonds is 8. The maximum atomic E-state index is 11.8. The van der Waals surface area contributed by atoms with E-state index in [2.05, 4.69) is 24.5 Å². The molecule has 0 aliphatic heterocycles. The second-order valence-electron chi connectivity index (χ2n) is 7.30. The van der Waals surface area contributed by atoms with Crippen LogP contribution in [0.2, 0.25) is 0 Å². The van der Waals surface area contributed by atoms with Crippen LogP contribution >= 0.6 is 0 Å². The Morgan fingerprint density at radius 3 is 2.33 bits per heavy atom. The van der Waals surface area contributed by atoms with E-state index in [4.69, 9.17) is 9.47 Å². The normalized spacial score (nSPS) is 18.4. The van der Waals surface area contributed by atoms with E-state index in [0.29, 0.717) is 37.1 Å². The number of alkyl carbamates (subject to hydrolysis) is 1. The summed E-state index contributed by atoms with van der Waals surface area (Å²) < 4.78 is 10.6. The van der Waals surface area contributed by atoms with Gasteiger partial charge in [0.25, 0.3) is 0 Å². The maximum Gasteiger partial charge on any atom is 0.407 e. The Morgan fingerprint density at radius 2 is 1.90 bits per heavy atom. The lowest BCUT2D eigenvalue weighted by Gasteiger charge is -2.28. The van der Waals surface area contributed by atoms with E-state index in [1.165, 1.54) is 12.8 Å². The van der Waals surface area contributed by atoms with Crippen LogP contribution < -0.4 is 10.6 Å². The monoisotopic (exact) mass is 300 g/mol. The van der Waals surface area contributed by atoms with Crippen LogP contribution in [0.1, 0.15) is 47.5 Å². The minimum absolute atomic E-state index is 0.292. The zero-order chi connectivity index (χ0) is 16.0. The number of carbonyl (C=O) groups is 1. The van der Waals surface area contributed by atoms with Crippen molar-refractivity contribution in [2.75, 3.05) is 20.3 Å². The summed E-state index contributed by atoms with van der Waals surface area (Å²) in [6.45, 7) is 11.3. The van der Waals surface area contributed by atoms with Crippen molar-refractivity contribution in [3.05, 3.63) is 0 Å². The minimum atomic E-state index is -0.455. The van der Waals surface area contributed by atoms with Crippen LogP contribution in [0.4, 0.5) is 4.79 Å². The standard InChI is InChI=1S/C16H32N2O3/c1-11(2)14(10-20-6)18-13(12-7-8-12)9-17-15(19)21-16(3,4)5/h11-14,18H,7-10H2,1-6H3,(H,17,19). The number of methoxy groups -OCH3 is 1. The first-order chi connectivity index (χ1) is 9.73. The van der Waals surface area contributed by atoms with Gasteiger partial charge in [-0.2, -0.15) is 0 Å². The first-order valence-electron chi connectivity index (χ1n) is 7.94. The quantitative estimate of drug-likeness (QED) is 0.723. The summed E-state index contributed by atoms with van der Waals surface area (Å²) >= 11 is 0. The van der Waals surface area contributed by atoms with Gasteiger partial charge >= 0.3 is 6.09 Å². The SMILES string of the molecule is COCC(NC(CNC(=O)OC(C)(C)C)C1CC1)C(C)C. The molecule has 0 radical (unpaired) electrons. The Morgan fingerprint density at radius 1 is 1.29 bits per heavy atom. The predicted molar refractivity (Wildman–Crippen MR) is 84.4 cm³/mol. The molecule has 5 heteroatoms. The van der Waals surface area contributed by atoms with Crippen LogP contribution in [-0.4, -0.2) is 44.0 Å². The van der Waals surface area contributed by atoms with Crippen molar-refractivity contribution in [1.29, 1.82) is 0 Å². The van der Waals surface area contributed by atoms with Crippen molar-refractivity contribution >= 4 is 6.09 Å². The first kappa shape index (κ1) is 18.2. The van der Waals surface area contributed by atoms with Crippen molar-refractivity contribution in [3.8, 4) is 0 Å². The molecule has 1 saturated carbocycles. The fraction of sp³-hybridized carbons (Fsp3) is 0.938. The van der Waals surface area contributed by atoms with E-state index in [1.54, 1.807) is 7.11 Å². The molecule has 0 spiro atoms. The van der Waals surface area contributed by atoms with Gasteiger partial charge in [0.2, 0.25) is 0 Å². The summed E-state index contributed by atoms with van der Waals surface area (Å²) in [4.78, 5) is 11.8. The summed E-state index contributed by atoms with van der Waals surface area (Å²) in [5.41, 5.74) is -0.455. The van der Waals surface area contributed by atoms with Crippen LogP contribution in [-0.2, 0) is 9.47 Å². The van der Waals surface area contributed by atoms with E-state index in [0.717, 1.165) is 0 Å². The maximum absolute atomic E-state index is 11.8. The predicted octanol–water partition coefficient (Wildman–Crippen LogP) is 2.55. The van der Waals surface area contributed by atoms with E-state index in [-0.39, 0.29) is 6.09 Å². The highest BCUT2D eigenvalue weighted by Gasteiger charge is 2.33.